The van der Waals surface area contributed by atoms with Gasteiger partial charge in [0.1, 0.15) is 12.4 Å². The number of piperidine rings is 1. The van der Waals surface area contributed by atoms with Crippen molar-refractivity contribution in [1.29, 1.82) is 0 Å². The number of carbonyl (C=O) groups is 2. The van der Waals surface area contributed by atoms with Crippen molar-refractivity contribution in [2.45, 2.75) is 26.0 Å². The van der Waals surface area contributed by atoms with Crippen LogP contribution in [0.5, 0.6) is 11.5 Å². The normalized spacial score (nSPS) is 15.4. The summed E-state index contributed by atoms with van der Waals surface area (Å²) < 4.78 is 24.5. The Kier molecular flexibility index (Phi) is 7.98. The molecule has 0 aromatic heterocycles. The zero-order valence-corrected chi connectivity index (χ0v) is 19.7. The van der Waals surface area contributed by atoms with Gasteiger partial charge in [0.25, 0.3) is 5.91 Å². The summed E-state index contributed by atoms with van der Waals surface area (Å²) >= 11 is 0. The highest BCUT2D eigenvalue weighted by atomic mass is 19.1. The van der Waals surface area contributed by atoms with Gasteiger partial charge in [0.15, 0.2) is 11.5 Å². The van der Waals surface area contributed by atoms with Crippen molar-refractivity contribution in [1.82, 2.24) is 10.2 Å². The van der Waals surface area contributed by atoms with E-state index in [4.69, 9.17) is 9.47 Å². The van der Waals surface area contributed by atoms with Gasteiger partial charge in [-0.05, 0) is 60.4 Å². The van der Waals surface area contributed by atoms with Crippen LogP contribution in [0.1, 0.15) is 34.3 Å². The Morgan fingerprint density at radius 2 is 1.77 bits per heavy atom. The molecule has 4 rings (SSSR count). The fourth-order valence-corrected chi connectivity index (χ4v) is 4.16. The maximum atomic E-state index is 13.2. The molecule has 1 heterocycles. The average molecular weight is 477 g/mol. The van der Waals surface area contributed by atoms with Crippen LogP contribution in [0, 0.1) is 11.7 Å². The molecule has 35 heavy (non-hydrogen) atoms. The van der Waals surface area contributed by atoms with E-state index in [0.717, 1.165) is 17.5 Å². The smallest absolute Gasteiger partial charge is 0.253 e. The molecule has 3 aromatic rings. The molecule has 1 fully saturated rings. The molecule has 3 aromatic carbocycles. The second-order valence-electron chi connectivity index (χ2n) is 8.57. The van der Waals surface area contributed by atoms with E-state index in [1.165, 1.54) is 24.3 Å². The van der Waals surface area contributed by atoms with Gasteiger partial charge in [-0.1, -0.05) is 36.4 Å². The Labute approximate surface area is 204 Å². The summed E-state index contributed by atoms with van der Waals surface area (Å²) in [5, 5.41) is 2.98. The van der Waals surface area contributed by atoms with Crippen LogP contribution in [-0.4, -0.2) is 36.9 Å². The number of hydrogen-bond acceptors (Lipinski definition) is 4. The molecule has 2 amide bonds. The minimum absolute atomic E-state index is 0.0926. The van der Waals surface area contributed by atoms with E-state index in [1.54, 1.807) is 12.0 Å². The van der Waals surface area contributed by atoms with Gasteiger partial charge in [0.05, 0.1) is 13.0 Å². The number of carbonyl (C=O) groups excluding carboxylic acids is 2. The summed E-state index contributed by atoms with van der Waals surface area (Å²) in [6, 6.07) is 21.0. The van der Waals surface area contributed by atoms with Crippen LogP contribution in [0.4, 0.5) is 4.39 Å². The molecule has 1 N–H and O–H groups in total. The highest BCUT2D eigenvalue weighted by molar-refractivity contribution is 5.94. The third kappa shape index (κ3) is 6.38. The van der Waals surface area contributed by atoms with E-state index >= 15 is 0 Å². The number of rotatable bonds is 8. The number of likely N-dealkylation sites (tertiary alicyclic amines) is 1. The molecule has 1 saturated heterocycles. The molecule has 0 bridgehead atoms. The van der Waals surface area contributed by atoms with Crippen LogP contribution >= 0.6 is 0 Å². The molecule has 1 aliphatic rings. The van der Waals surface area contributed by atoms with E-state index in [2.05, 4.69) is 5.32 Å². The Morgan fingerprint density at radius 1 is 1.00 bits per heavy atom. The molecular formula is C28H29FN2O4. The van der Waals surface area contributed by atoms with Crippen molar-refractivity contribution < 1.29 is 23.5 Å². The second-order valence-corrected chi connectivity index (χ2v) is 8.57. The van der Waals surface area contributed by atoms with Crippen molar-refractivity contribution in [3.8, 4) is 11.5 Å². The van der Waals surface area contributed by atoms with Gasteiger partial charge in [0, 0.05) is 25.2 Å². The minimum atomic E-state index is -0.384. The number of nitrogens with one attached hydrogen (secondary N) is 1. The lowest BCUT2D eigenvalue weighted by Crippen LogP contribution is -2.45. The number of halogens is 1. The third-order valence-electron chi connectivity index (χ3n) is 6.10. The van der Waals surface area contributed by atoms with Crippen LogP contribution < -0.4 is 14.8 Å². The summed E-state index contributed by atoms with van der Waals surface area (Å²) in [7, 11) is 1.59. The topological polar surface area (TPSA) is 67.9 Å². The molecule has 0 spiro atoms. The highest BCUT2D eigenvalue weighted by Gasteiger charge is 2.28. The predicted molar refractivity (Wildman–Crippen MR) is 131 cm³/mol. The zero-order valence-electron chi connectivity index (χ0n) is 19.7. The first-order chi connectivity index (χ1) is 17.0. The largest absolute Gasteiger partial charge is 0.493 e. The standard InChI is InChI=1S/C28H29FN2O4/c1-34-26-16-21(9-14-25(26)35-19-20-6-3-2-4-7-20)17-30-27(32)23-8-5-15-31(18-23)28(33)22-10-12-24(29)13-11-22/h2-4,6-7,9-14,16,23H,5,8,15,17-19H2,1H3,(H,30,32)/t23-/m0/s1. The maximum absolute atomic E-state index is 13.2. The lowest BCUT2D eigenvalue weighted by Gasteiger charge is -2.32. The van der Waals surface area contributed by atoms with Gasteiger partial charge in [-0.3, -0.25) is 9.59 Å². The molecule has 1 aliphatic heterocycles. The monoisotopic (exact) mass is 476 g/mol. The quantitative estimate of drug-likeness (QED) is 0.517. The summed E-state index contributed by atoms with van der Waals surface area (Å²) in [4.78, 5) is 27.3. The SMILES string of the molecule is COc1cc(CNC(=O)[C@H]2CCCN(C(=O)c3ccc(F)cc3)C2)ccc1OCc1ccccc1. The summed E-state index contributed by atoms with van der Waals surface area (Å²) in [6.07, 6.45) is 1.46. The lowest BCUT2D eigenvalue weighted by molar-refractivity contribution is -0.126. The van der Waals surface area contributed by atoms with Crippen molar-refractivity contribution in [2.24, 2.45) is 5.92 Å². The van der Waals surface area contributed by atoms with Crippen molar-refractivity contribution in [2.75, 3.05) is 20.2 Å². The molecule has 0 aliphatic carbocycles. The van der Waals surface area contributed by atoms with Crippen LogP contribution in [0.2, 0.25) is 0 Å². The number of nitrogens with zero attached hydrogens (tertiary/aromatic N) is 1. The molecule has 182 valence electrons. The van der Waals surface area contributed by atoms with E-state index in [0.29, 0.717) is 49.7 Å². The number of benzene rings is 3. The summed E-state index contributed by atoms with van der Waals surface area (Å²) in [6.45, 7) is 1.71. The highest BCUT2D eigenvalue weighted by Crippen LogP contribution is 2.29. The Morgan fingerprint density at radius 3 is 2.51 bits per heavy atom. The van der Waals surface area contributed by atoms with Crippen LogP contribution in [0.25, 0.3) is 0 Å². The van der Waals surface area contributed by atoms with Crippen molar-refractivity contribution >= 4 is 11.8 Å². The minimum Gasteiger partial charge on any atom is -0.493 e. The van der Waals surface area contributed by atoms with Gasteiger partial charge < -0.3 is 19.7 Å². The van der Waals surface area contributed by atoms with Crippen LogP contribution in [0.3, 0.4) is 0 Å². The van der Waals surface area contributed by atoms with Gasteiger partial charge in [-0.2, -0.15) is 0 Å². The Balaban J connectivity index is 1.31. The molecular weight excluding hydrogens is 447 g/mol. The number of hydrogen-bond donors (Lipinski definition) is 1. The summed E-state index contributed by atoms with van der Waals surface area (Å²) in [5.41, 5.74) is 2.37. The first-order valence-corrected chi connectivity index (χ1v) is 11.7. The number of ether oxygens (including phenoxy) is 2. The fraction of sp³-hybridized carbons (Fsp3) is 0.286. The van der Waals surface area contributed by atoms with Gasteiger partial charge in [-0.15, -0.1) is 0 Å². The Hall–Kier alpha value is -3.87. The zero-order chi connectivity index (χ0) is 24.6. The lowest BCUT2D eigenvalue weighted by atomic mass is 9.96. The fourth-order valence-electron chi connectivity index (χ4n) is 4.16. The first-order valence-electron chi connectivity index (χ1n) is 11.7. The number of amides is 2. The molecule has 1 atom stereocenters. The van der Waals surface area contributed by atoms with Crippen molar-refractivity contribution in [3.63, 3.8) is 0 Å². The average Bonchev–Trinajstić information content (AvgIpc) is 2.91. The van der Waals surface area contributed by atoms with Crippen molar-refractivity contribution in [3.05, 3.63) is 95.3 Å². The first kappa shape index (κ1) is 24.3. The molecule has 0 radical (unpaired) electrons. The molecule has 7 heteroatoms. The van der Waals surface area contributed by atoms with Gasteiger partial charge in [-0.25, -0.2) is 4.39 Å². The molecule has 0 unspecified atom stereocenters. The van der Waals surface area contributed by atoms with E-state index in [-0.39, 0.29) is 23.5 Å². The third-order valence-corrected chi connectivity index (χ3v) is 6.10. The van der Waals surface area contributed by atoms with Crippen LogP contribution in [0.15, 0.2) is 72.8 Å². The predicted octanol–water partition coefficient (Wildman–Crippen LogP) is 4.58. The maximum Gasteiger partial charge on any atom is 0.253 e. The molecule has 6 nitrogen and oxygen atoms in total. The van der Waals surface area contributed by atoms with E-state index < -0.39 is 0 Å². The van der Waals surface area contributed by atoms with Gasteiger partial charge >= 0.3 is 0 Å². The summed E-state index contributed by atoms with van der Waals surface area (Å²) in [5.74, 6) is 0.284. The van der Waals surface area contributed by atoms with E-state index in [1.807, 2.05) is 48.5 Å². The second kappa shape index (κ2) is 11.5. The van der Waals surface area contributed by atoms with Crippen LogP contribution in [-0.2, 0) is 17.9 Å². The Bertz CT molecular complexity index is 1150. The van der Waals surface area contributed by atoms with Gasteiger partial charge in [0.2, 0.25) is 5.91 Å². The van der Waals surface area contributed by atoms with E-state index in [9.17, 15) is 14.0 Å². The molecule has 0 saturated carbocycles. The number of methoxy groups -OCH3 is 1.